The largest absolute Gasteiger partial charge is 0.311 e. The molecule has 0 aliphatic carbocycles. The van der Waals surface area contributed by atoms with Gasteiger partial charge in [-0.15, -0.1) is 5.10 Å². The summed E-state index contributed by atoms with van der Waals surface area (Å²) in [7, 11) is 1.87. The van der Waals surface area contributed by atoms with Crippen molar-refractivity contribution in [3.63, 3.8) is 0 Å². The van der Waals surface area contributed by atoms with Gasteiger partial charge in [0.1, 0.15) is 0 Å². The maximum Gasteiger partial charge on any atom is 0.0964 e. The molecule has 6 heteroatoms. The summed E-state index contributed by atoms with van der Waals surface area (Å²) in [5, 5.41) is 15.3. The molecule has 0 saturated heterocycles. The van der Waals surface area contributed by atoms with Gasteiger partial charge < -0.3 is 5.32 Å². The Morgan fingerprint density at radius 1 is 1.44 bits per heavy atom. The Morgan fingerprint density at radius 2 is 2.38 bits per heavy atom. The van der Waals surface area contributed by atoms with E-state index in [2.05, 4.69) is 20.7 Å². The molecule has 0 aromatic carbocycles. The number of hydrogen-bond acceptors (Lipinski definition) is 4. The Balaban J connectivity index is 1.59. The van der Waals surface area contributed by atoms with Crippen LogP contribution in [0.5, 0.6) is 0 Å². The predicted molar refractivity (Wildman–Crippen MR) is 59.6 cm³/mol. The summed E-state index contributed by atoms with van der Waals surface area (Å²) in [5.74, 6) is 0. The van der Waals surface area contributed by atoms with E-state index in [9.17, 15) is 0 Å². The van der Waals surface area contributed by atoms with Crippen molar-refractivity contribution in [1.29, 1.82) is 0 Å². The second-order valence-corrected chi connectivity index (χ2v) is 3.68. The van der Waals surface area contributed by atoms with Gasteiger partial charge in [0.15, 0.2) is 0 Å². The van der Waals surface area contributed by atoms with E-state index in [1.165, 1.54) is 0 Å². The first-order valence-electron chi connectivity index (χ1n) is 5.38. The zero-order valence-corrected chi connectivity index (χ0v) is 9.37. The molecule has 6 nitrogen and oxygen atoms in total. The van der Waals surface area contributed by atoms with Gasteiger partial charge in [-0.2, -0.15) is 5.10 Å². The van der Waals surface area contributed by atoms with E-state index < -0.39 is 0 Å². The molecule has 0 fully saturated rings. The summed E-state index contributed by atoms with van der Waals surface area (Å²) >= 11 is 0. The highest BCUT2D eigenvalue weighted by Crippen LogP contribution is 1.91. The van der Waals surface area contributed by atoms with Crippen LogP contribution in [0.15, 0.2) is 24.7 Å². The monoisotopic (exact) mass is 220 g/mol. The Morgan fingerprint density at radius 3 is 3.06 bits per heavy atom. The molecule has 0 aliphatic rings. The molecule has 1 N–H and O–H groups in total. The molecule has 2 rings (SSSR count). The molecule has 2 aromatic rings. The fourth-order valence-corrected chi connectivity index (χ4v) is 1.49. The highest BCUT2D eigenvalue weighted by atomic mass is 15.4. The molecule has 0 spiro atoms. The smallest absolute Gasteiger partial charge is 0.0964 e. The van der Waals surface area contributed by atoms with Crippen molar-refractivity contribution < 1.29 is 0 Å². The Hall–Kier alpha value is -1.69. The first-order chi connectivity index (χ1) is 7.84. The van der Waals surface area contributed by atoms with Gasteiger partial charge >= 0.3 is 0 Å². The van der Waals surface area contributed by atoms with Crippen LogP contribution in [0.25, 0.3) is 0 Å². The molecule has 0 saturated carbocycles. The van der Waals surface area contributed by atoms with E-state index in [1.54, 1.807) is 10.9 Å². The fraction of sp³-hybridized carbons (Fsp3) is 0.500. The van der Waals surface area contributed by atoms with Crippen molar-refractivity contribution in [3.8, 4) is 0 Å². The van der Waals surface area contributed by atoms with Crippen molar-refractivity contribution >= 4 is 0 Å². The molecule has 0 aliphatic heterocycles. The van der Waals surface area contributed by atoms with Gasteiger partial charge in [0.05, 0.1) is 5.69 Å². The third kappa shape index (κ3) is 3.16. The van der Waals surface area contributed by atoms with Crippen LogP contribution in [0.2, 0.25) is 0 Å². The number of hydrogen-bond donors (Lipinski definition) is 1. The van der Waals surface area contributed by atoms with Crippen LogP contribution in [0.1, 0.15) is 12.1 Å². The summed E-state index contributed by atoms with van der Waals surface area (Å²) in [6.45, 7) is 2.67. The Kier molecular flexibility index (Phi) is 3.66. The molecule has 86 valence electrons. The van der Waals surface area contributed by atoms with Crippen molar-refractivity contribution in [3.05, 3.63) is 30.4 Å². The highest BCUT2D eigenvalue weighted by molar-refractivity contribution is 4.90. The summed E-state index contributed by atoms with van der Waals surface area (Å²) in [5.41, 5.74) is 0.974. The highest BCUT2D eigenvalue weighted by Gasteiger charge is 1.97. The van der Waals surface area contributed by atoms with E-state index in [0.29, 0.717) is 0 Å². The maximum atomic E-state index is 4.14. The molecule has 0 amide bonds. The van der Waals surface area contributed by atoms with Gasteiger partial charge in [0.2, 0.25) is 0 Å². The van der Waals surface area contributed by atoms with Crippen LogP contribution in [-0.4, -0.2) is 31.3 Å². The van der Waals surface area contributed by atoms with E-state index >= 15 is 0 Å². The second-order valence-electron chi connectivity index (χ2n) is 3.68. The lowest BCUT2D eigenvalue weighted by Gasteiger charge is -2.02. The molecular weight excluding hydrogens is 204 g/mol. The molecule has 0 radical (unpaired) electrons. The molecule has 0 bridgehead atoms. The predicted octanol–water partition coefficient (Wildman–Crippen LogP) is 0.191. The molecule has 16 heavy (non-hydrogen) atoms. The number of aromatic nitrogens is 5. The lowest BCUT2D eigenvalue weighted by molar-refractivity contribution is 0.541. The second kappa shape index (κ2) is 5.41. The van der Waals surface area contributed by atoms with Crippen LogP contribution in [0, 0.1) is 0 Å². The first-order valence-corrected chi connectivity index (χ1v) is 5.38. The molecule has 0 unspecified atom stereocenters. The van der Waals surface area contributed by atoms with Crippen LogP contribution >= 0.6 is 0 Å². The zero-order chi connectivity index (χ0) is 11.2. The van der Waals surface area contributed by atoms with Crippen LogP contribution < -0.4 is 5.32 Å². The number of nitrogens with zero attached hydrogens (tertiary/aromatic N) is 5. The van der Waals surface area contributed by atoms with Gasteiger partial charge in [-0.25, -0.2) is 0 Å². The van der Waals surface area contributed by atoms with Crippen molar-refractivity contribution in [1.82, 2.24) is 30.1 Å². The molecule has 2 aromatic heterocycles. The number of rotatable bonds is 6. The minimum Gasteiger partial charge on any atom is -0.311 e. The Bertz CT molecular complexity index is 405. The van der Waals surface area contributed by atoms with Crippen LogP contribution in [-0.2, 0) is 20.1 Å². The van der Waals surface area contributed by atoms with E-state index in [1.807, 2.05) is 30.2 Å². The Labute approximate surface area is 94.3 Å². The zero-order valence-electron chi connectivity index (χ0n) is 9.37. The summed E-state index contributed by atoms with van der Waals surface area (Å²) in [4.78, 5) is 0. The van der Waals surface area contributed by atoms with Crippen molar-refractivity contribution in [2.75, 3.05) is 6.54 Å². The first kappa shape index (κ1) is 10.8. The summed E-state index contributed by atoms with van der Waals surface area (Å²) < 4.78 is 3.64. The van der Waals surface area contributed by atoms with Gasteiger partial charge in [0, 0.05) is 38.7 Å². The standard InChI is InChI=1S/C10H16N6/c1-15-9-10(13-14-15)8-11-4-2-6-16-7-3-5-12-16/h3,5,7,9,11H,2,4,6,8H2,1H3. The van der Waals surface area contributed by atoms with E-state index in [0.717, 1.165) is 31.7 Å². The molecular formula is C10H16N6. The summed E-state index contributed by atoms with van der Waals surface area (Å²) in [6.07, 6.45) is 6.75. The third-order valence-corrected chi connectivity index (χ3v) is 2.26. The van der Waals surface area contributed by atoms with Crippen LogP contribution in [0.3, 0.4) is 0 Å². The quantitative estimate of drug-likeness (QED) is 0.706. The lowest BCUT2D eigenvalue weighted by Crippen LogP contribution is -2.16. The topological polar surface area (TPSA) is 60.6 Å². The lowest BCUT2D eigenvalue weighted by atomic mass is 10.4. The average Bonchev–Trinajstić information content (AvgIpc) is 2.89. The van der Waals surface area contributed by atoms with Gasteiger partial charge in [-0.3, -0.25) is 9.36 Å². The van der Waals surface area contributed by atoms with Crippen molar-refractivity contribution in [2.45, 2.75) is 19.5 Å². The van der Waals surface area contributed by atoms with Crippen LogP contribution in [0.4, 0.5) is 0 Å². The van der Waals surface area contributed by atoms with Gasteiger partial charge in [-0.05, 0) is 19.0 Å². The van der Waals surface area contributed by atoms with Gasteiger partial charge in [0.25, 0.3) is 0 Å². The number of nitrogens with one attached hydrogen (secondary N) is 1. The summed E-state index contributed by atoms with van der Waals surface area (Å²) in [6, 6.07) is 1.94. The van der Waals surface area contributed by atoms with E-state index in [4.69, 9.17) is 0 Å². The fourth-order valence-electron chi connectivity index (χ4n) is 1.49. The maximum absolute atomic E-state index is 4.14. The van der Waals surface area contributed by atoms with E-state index in [-0.39, 0.29) is 0 Å². The number of aryl methyl sites for hydroxylation is 2. The third-order valence-electron chi connectivity index (χ3n) is 2.26. The minimum absolute atomic E-state index is 0.771. The SMILES string of the molecule is Cn1cc(CNCCCn2cccn2)nn1. The van der Waals surface area contributed by atoms with Gasteiger partial charge in [-0.1, -0.05) is 5.21 Å². The van der Waals surface area contributed by atoms with Crippen molar-refractivity contribution in [2.24, 2.45) is 7.05 Å². The molecule has 0 atom stereocenters. The average molecular weight is 220 g/mol. The molecule has 2 heterocycles. The normalized spacial score (nSPS) is 10.8. The minimum atomic E-state index is 0.771.